The molecule has 0 N–H and O–H groups in total. The van der Waals surface area contributed by atoms with E-state index in [-0.39, 0.29) is 0 Å². The number of hydrogen-bond acceptors (Lipinski definition) is 0. The molecule has 0 aliphatic heterocycles. The molecule has 0 aromatic carbocycles. The Bertz CT molecular complexity index is 1830. The highest BCUT2D eigenvalue weighted by molar-refractivity contribution is 4.98. The quantitative estimate of drug-likeness (QED) is 0.227. The summed E-state index contributed by atoms with van der Waals surface area (Å²) in [4.78, 5) is 0. The van der Waals surface area contributed by atoms with Crippen LogP contribution in [0.2, 0.25) is 0 Å². The molecule has 20 saturated carbocycles. The molecule has 92 heavy (non-hydrogen) atoms. The van der Waals surface area contributed by atoms with Gasteiger partial charge in [0.1, 0.15) is 0 Å². The van der Waals surface area contributed by atoms with Crippen LogP contribution in [-0.4, -0.2) is 0 Å². The van der Waals surface area contributed by atoms with Gasteiger partial charge in [0.05, 0.1) is 0 Å². The molecule has 20 fully saturated rings. The minimum Gasteiger partial charge on any atom is -0.0533 e. The SMILES string of the molecule is C1CC2(C1)CCC2.C1CCC2(C1)CC2.C1CCC2(C1)CCC2.C1CCC2(C1)CCCC2.C1CCC2(CC1)CC2.C1CCC2(CC1)CCC2.C1CCC2(CC1)CCCC2.C1CCC2(CC1)CCCCC2.C1CCCC2(CC1)CCCC2.C1CCCC2(CC1)CCCCC2. The fourth-order valence-corrected chi connectivity index (χ4v) is 25.6. The normalized spacial score (nSPS) is 31.8. The molecule has 0 heterocycles. The molecule has 0 atom stereocenters. The Morgan fingerprint density at radius 2 is 0.120 bits per heavy atom. The molecule has 20 aliphatic carbocycles. The van der Waals surface area contributed by atoms with Crippen LogP contribution in [0.15, 0.2) is 0 Å². The fraction of sp³-hybridized carbons (Fsp3) is 1.00. The van der Waals surface area contributed by atoms with Gasteiger partial charge < -0.3 is 0 Å². The maximum Gasteiger partial charge on any atom is -0.0297 e. The summed E-state index contributed by atoms with van der Waals surface area (Å²) in [7, 11) is 0. The largest absolute Gasteiger partial charge is 0.0533 e. The van der Waals surface area contributed by atoms with Gasteiger partial charge in [0, 0.05) is 0 Å². The van der Waals surface area contributed by atoms with Crippen molar-refractivity contribution < 1.29 is 0 Å². The molecule has 0 aromatic heterocycles. The van der Waals surface area contributed by atoms with Gasteiger partial charge in [-0.3, -0.25) is 0 Å². The Morgan fingerprint density at radius 3 is 0.196 bits per heavy atom. The molecule has 532 valence electrons. The summed E-state index contributed by atoms with van der Waals surface area (Å²) < 4.78 is 0. The monoisotopic (exact) mass is 1270 g/mol. The Balaban J connectivity index is 0.000000105. The summed E-state index contributed by atoms with van der Waals surface area (Å²) in [5.74, 6) is 0. The zero-order chi connectivity index (χ0) is 63.0. The fourth-order valence-electron chi connectivity index (χ4n) is 25.6. The van der Waals surface area contributed by atoms with Gasteiger partial charge in [-0.15, -0.1) is 0 Å². The van der Waals surface area contributed by atoms with Gasteiger partial charge >= 0.3 is 0 Å². The van der Waals surface area contributed by atoms with Crippen LogP contribution >= 0.6 is 0 Å². The zero-order valence-corrected chi connectivity index (χ0v) is 63.0. The molecule has 0 heteroatoms. The van der Waals surface area contributed by atoms with E-state index in [1.54, 1.807) is 257 Å². The summed E-state index contributed by atoms with van der Waals surface area (Å²) in [6.07, 6.45) is 127. The summed E-state index contributed by atoms with van der Waals surface area (Å²) in [5.41, 5.74) is 8.95. The number of hydrogen-bond donors (Lipinski definition) is 0. The Labute approximate surface area is 577 Å². The summed E-state index contributed by atoms with van der Waals surface area (Å²) in [6, 6.07) is 0. The van der Waals surface area contributed by atoms with Crippen LogP contribution in [0.25, 0.3) is 0 Å². The Kier molecular flexibility index (Phi) is 29.1. The van der Waals surface area contributed by atoms with Crippen molar-refractivity contribution in [2.24, 2.45) is 54.1 Å². The van der Waals surface area contributed by atoms with Crippen LogP contribution in [-0.2, 0) is 0 Å². The molecular weight excluding hydrogens is 1110 g/mol. The van der Waals surface area contributed by atoms with E-state index < -0.39 is 0 Å². The summed E-state index contributed by atoms with van der Waals surface area (Å²) in [5, 5.41) is 0. The van der Waals surface area contributed by atoms with E-state index in [4.69, 9.17) is 0 Å². The van der Waals surface area contributed by atoms with Crippen molar-refractivity contribution in [3.8, 4) is 0 Å². The third-order valence-electron chi connectivity index (χ3n) is 33.4. The third-order valence-corrected chi connectivity index (χ3v) is 33.4. The lowest BCUT2D eigenvalue weighted by Crippen LogP contribution is -2.35. The predicted molar refractivity (Wildman–Crippen MR) is 403 cm³/mol. The van der Waals surface area contributed by atoms with Crippen molar-refractivity contribution in [3.05, 3.63) is 0 Å². The highest BCUT2D eigenvalue weighted by Crippen LogP contribution is 2.60. The second-order valence-corrected chi connectivity index (χ2v) is 39.8. The zero-order valence-electron chi connectivity index (χ0n) is 63.0. The molecule has 0 nitrogen and oxygen atoms in total. The first kappa shape index (κ1) is 73.2. The van der Waals surface area contributed by atoms with Crippen LogP contribution in [0.3, 0.4) is 0 Å². The average molecular weight is 1270 g/mol. The van der Waals surface area contributed by atoms with E-state index in [1.807, 2.05) is 0 Å². The van der Waals surface area contributed by atoms with E-state index in [0.717, 1.165) is 54.1 Å². The van der Waals surface area contributed by atoms with Crippen LogP contribution < -0.4 is 0 Å². The highest BCUT2D eigenvalue weighted by atomic mass is 14.5. The minimum absolute atomic E-state index is 0.842. The molecular formula is C92H164. The maximum atomic E-state index is 1.56. The molecule has 10 spiro atoms. The first-order valence-corrected chi connectivity index (χ1v) is 45.1. The van der Waals surface area contributed by atoms with Crippen LogP contribution in [0.1, 0.15) is 527 Å². The molecule has 0 bridgehead atoms. The lowest BCUT2D eigenvalue weighted by molar-refractivity contribution is 0.0314. The maximum absolute atomic E-state index is 1.56. The smallest absolute Gasteiger partial charge is 0.0297 e. The van der Waals surface area contributed by atoms with Crippen molar-refractivity contribution in [2.75, 3.05) is 0 Å². The van der Waals surface area contributed by atoms with Gasteiger partial charge in [-0.1, -0.05) is 270 Å². The second-order valence-electron chi connectivity index (χ2n) is 39.8. The van der Waals surface area contributed by atoms with E-state index in [2.05, 4.69) is 0 Å². The first-order valence-electron chi connectivity index (χ1n) is 45.1. The van der Waals surface area contributed by atoms with Crippen molar-refractivity contribution in [1.29, 1.82) is 0 Å². The van der Waals surface area contributed by atoms with E-state index in [1.165, 1.54) is 270 Å². The van der Waals surface area contributed by atoms with Gasteiger partial charge in [0.15, 0.2) is 0 Å². The topological polar surface area (TPSA) is 0 Å². The highest BCUT2D eigenvalue weighted by Gasteiger charge is 2.46. The predicted octanol–water partition coefficient (Wildman–Crippen LogP) is 32.0. The molecule has 0 amide bonds. The molecule has 0 radical (unpaired) electrons. The Hall–Kier alpha value is 0. The first-order chi connectivity index (χ1) is 45.1. The number of rotatable bonds is 0. The molecule has 0 saturated heterocycles. The molecule has 0 aromatic rings. The Morgan fingerprint density at radius 1 is 0.0543 bits per heavy atom. The lowest BCUT2D eigenvalue weighted by atomic mass is 9.56. The third kappa shape index (κ3) is 22.5. The average Bonchev–Trinajstić information content (AvgIpc) is 0.931. The molecule has 20 aliphatic rings. The molecule has 0 unspecified atom stereocenters. The van der Waals surface area contributed by atoms with Gasteiger partial charge in [-0.25, -0.2) is 0 Å². The minimum atomic E-state index is 0.842. The van der Waals surface area contributed by atoms with Gasteiger partial charge in [0.25, 0.3) is 0 Å². The van der Waals surface area contributed by atoms with Gasteiger partial charge in [-0.05, 0) is 311 Å². The van der Waals surface area contributed by atoms with E-state index in [0.29, 0.717) is 0 Å². The van der Waals surface area contributed by atoms with Crippen LogP contribution in [0.5, 0.6) is 0 Å². The van der Waals surface area contributed by atoms with Crippen LogP contribution in [0, 0.1) is 54.1 Å². The second kappa shape index (κ2) is 36.6. The lowest BCUT2D eigenvalue weighted by Gasteiger charge is -2.49. The van der Waals surface area contributed by atoms with Crippen molar-refractivity contribution >= 4 is 0 Å². The van der Waals surface area contributed by atoms with Crippen molar-refractivity contribution in [1.82, 2.24) is 0 Å². The van der Waals surface area contributed by atoms with Gasteiger partial charge in [0.2, 0.25) is 0 Å². The summed E-state index contributed by atoms with van der Waals surface area (Å²) >= 11 is 0. The standard InChI is InChI=1S/C12H22.2C11H20.C10H18.2C9H16.2C8H14.2C7H12/c1-2-5-9-12(8-4-1)10-6-3-7-11-12;1-3-7-11(8-4-1)9-5-2-6-10-11;1-2-4-8-11(7-3-1)9-5-6-10-11;1-2-6-10(7-3-1)8-4-5-9-10;1-2-6-9(5-1)7-3-4-8-9;1-2-5-9(6-3-1)7-4-8-9;1-2-5-8(4-1)6-3-7-8;1-2-4-8(5-3-1)6-7-8;1-3-7(4-1)5-2-6-7;1-2-4-7(3-1)5-6-7/h1-11H2;2*1-10H2;1-9H2;2*1-8H2;2*1-7H2;2*1-6H2. The van der Waals surface area contributed by atoms with Crippen LogP contribution in [0.4, 0.5) is 0 Å². The van der Waals surface area contributed by atoms with E-state index >= 15 is 0 Å². The molecule has 20 rings (SSSR count). The van der Waals surface area contributed by atoms with E-state index in [9.17, 15) is 0 Å². The van der Waals surface area contributed by atoms with Crippen molar-refractivity contribution in [3.63, 3.8) is 0 Å². The van der Waals surface area contributed by atoms with Gasteiger partial charge in [-0.2, -0.15) is 0 Å². The van der Waals surface area contributed by atoms with Crippen molar-refractivity contribution in [2.45, 2.75) is 527 Å². The summed E-state index contributed by atoms with van der Waals surface area (Å²) in [6.45, 7) is 0.